The summed E-state index contributed by atoms with van der Waals surface area (Å²) in [5.41, 5.74) is 44.0. The van der Waals surface area contributed by atoms with Crippen molar-refractivity contribution in [2.24, 2.45) is 0 Å². The zero-order chi connectivity index (χ0) is 16.7. The van der Waals surface area contributed by atoms with Crippen molar-refractivity contribution in [2.45, 2.75) is 39.8 Å². The normalized spacial score (nSPS) is 5.79. The molecular formula is C6H23N13+4. The summed E-state index contributed by atoms with van der Waals surface area (Å²) in [6.45, 7) is 8.61. The molecule has 0 bridgehead atoms. The highest BCUT2D eigenvalue weighted by Gasteiger charge is 1.92. The lowest BCUT2D eigenvalue weighted by Crippen LogP contribution is -2.29. The van der Waals surface area contributed by atoms with Gasteiger partial charge in [0, 0.05) is 12.1 Å². The van der Waals surface area contributed by atoms with Gasteiger partial charge in [-0.3, -0.25) is 0 Å². The summed E-state index contributed by atoms with van der Waals surface area (Å²) >= 11 is 0. The molecule has 0 spiro atoms. The molecule has 0 aromatic rings. The van der Waals surface area contributed by atoms with Crippen molar-refractivity contribution < 1.29 is 0 Å². The van der Waals surface area contributed by atoms with E-state index < -0.39 is 0 Å². The van der Waals surface area contributed by atoms with Gasteiger partial charge in [-0.2, -0.15) is 0 Å². The molecule has 0 radical (unpaired) electrons. The minimum atomic E-state index is 0.625. The Kier molecular flexibility index (Phi) is 71.6. The van der Waals surface area contributed by atoms with E-state index in [2.05, 4.69) is 33.0 Å². The zero-order valence-corrected chi connectivity index (χ0v) is 11.4. The largest absolute Gasteiger partial charge is 0.312 e. The Labute approximate surface area is 110 Å². The molecule has 0 unspecified atom stereocenters. The van der Waals surface area contributed by atoms with E-state index in [1.165, 1.54) is 0 Å². The van der Waals surface area contributed by atoms with E-state index in [-0.39, 0.29) is 0 Å². The first-order chi connectivity index (χ1) is 8.78. The molecule has 0 amide bonds. The highest BCUT2D eigenvalue weighted by molar-refractivity contribution is 4.55. The van der Waals surface area contributed by atoms with Crippen molar-refractivity contribution >= 4 is 0 Å². The summed E-state index contributed by atoms with van der Waals surface area (Å²) < 4.78 is 0. The third-order valence-corrected chi connectivity index (χ3v) is 0.667. The first-order valence-corrected chi connectivity index (χ1v) is 4.68. The average Bonchev–Trinajstić information content (AvgIpc) is 2.19. The predicted molar refractivity (Wildman–Crippen MR) is 63.7 cm³/mol. The monoisotopic (exact) mass is 277 g/mol. The minimum absolute atomic E-state index is 0.625. The number of hydrogen-bond donors (Lipinski definition) is 9. The Morgan fingerprint density at radius 2 is 0.632 bits per heavy atom. The lowest BCUT2D eigenvalue weighted by molar-refractivity contribution is 0.518. The van der Waals surface area contributed by atoms with Gasteiger partial charge >= 0.3 is 0 Å². The van der Waals surface area contributed by atoms with E-state index in [9.17, 15) is 0 Å². The minimum Gasteiger partial charge on any atom is -0.312 e. The molecule has 0 saturated carbocycles. The highest BCUT2D eigenvalue weighted by Crippen LogP contribution is 1.80. The number of hydrogen-bond acceptors (Lipinski definition) is 9. The fraction of sp³-hybridized carbons (Fsp3) is 1.00. The van der Waals surface area contributed by atoms with Crippen LogP contribution in [0.1, 0.15) is 27.7 Å². The van der Waals surface area contributed by atoms with Crippen molar-refractivity contribution in [3.05, 3.63) is 0 Å². The Morgan fingerprint density at radius 1 is 0.526 bits per heavy atom. The van der Waals surface area contributed by atoms with Gasteiger partial charge in [-0.25, -0.2) is 0 Å². The molecule has 108 valence electrons. The van der Waals surface area contributed by atoms with Crippen molar-refractivity contribution in [3.63, 3.8) is 0 Å². The van der Waals surface area contributed by atoms with Crippen molar-refractivity contribution in [2.75, 3.05) is 0 Å². The summed E-state index contributed by atoms with van der Waals surface area (Å²) in [4.78, 5) is 8.00. The molecule has 0 aliphatic rings. The fourth-order valence-corrected chi connectivity index (χ4v) is 0.667. The molecule has 0 aromatic heterocycles. The number of nitrogens with zero attached hydrogens (tertiary/aromatic N) is 4. The summed E-state index contributed by atoms with van der Waals surface area (Å²) in [5, 5.41) is 3.31. The van der Waals surface area contributed by atoms with Gasteiger partial charge in [0.15, 0.2) is 0 Å². The summed E-state index contributed by atoms with van der Waals surface area (Å²) in [6, 6.07) is 1.25. The molecule has 19 heavy (non-hydrogen) atoms. The van der Waals surface area contributed by atoms with Crippen molar-refractivity contribution in [1.29, 1.82) is 44.2 Å². The lowest BCUT2D eigenvalue weighted by atomic mass is 10.3. The van der Waals surface area contributed by atoms with Gasteiger partial charge < -0.3 is 5.32 Å². The molecule has 0 aliphatic carbocycles. The van der Waals surface area contributed by atoms with E-state index in [0.29, 0.717) is 12.1 Å². The molecular weight excluding hydrogens is 254 g/mol. The zero-order valence-electron chi connectivity index (χ0n) is 11.4. The van der Waals surface area contributed by atoms with E-state index in [0.717, 1.165) is 0 Å². The maximum Gasteiger partial charge on any atom is 0.211 e. The van der Waals surface area contributed by atoms with Gasteiger partial charge in [0.2, 0.25) is 19.6 Å². The third kappa shape index (κ3) is 1840. The van der Waals surface area contributed by atoms with Crippen LogP contribution in [0.5, 0.6) is 0 Å². The topological polar surface area (TPSA) is 259 Å². The summed E-state index contributed by atoms with van der Waals surface area (Å²) in [7, 11) is 0. The van der Waals surface area contributed by atoms with E-state index in [4.69, 9.17) is 44.2 Å². The first kappa shape index (κ1) is 29.8. The first-order valence-electron chi connectivity index (χ1n) is 4.68. The number of rotatable bonds is 2. The van der Waals surface area contributed by atoms with Crippen molar-refractivity contribution in [1.82, 2.24) is 25.0 Å². The predicted octanol–water partition coefficient (Wildman–Crippen LogP) is 1.85. The molecule has 0 saturated heterocycles. The highest BCUT2D eigenvalue weighted by atomic mass is 15.0. The van der Waals surface area contributed by atoms with Crippen LogP contribution in [0.15, 0.2) is 0 Å². The molecule has 0 atom stereocenters. The summed E-state index contributed by atoms with van der Waals surface area (Å²) in [6.07, 6.45) is 0. The molecule has 13 heteroatoms. The fourth-order valence-electron chi connectivity index (χ4n) is 0.667. The lowest BCUT2D eigenvalue weighted by Gasteiger charge is -2.10. The smallest absolute Gasteiger partial charge is 0.211 e. The van der Waals surface area contributed by atoms with Gasteiger partial charge in [0.1, 0.15) is 44.2 Å². The second-order valence-electron chi connectivity index (χ2n) is 2.92. The van der Waals surface area contributed by atoms with Crippen LogP contribution in [0.3, 0.4) is 0 Å². The van der Waals surface area contributed by atoms with E-state index in [1.807, 2.05) is 19.6 Å². The van der Waals surface area contributed by atoms with Gasteiger partial charge in [0.05, 0.1) is 0 Å². The van der Waals surface area contributed by atoms with Gasteiger partial charge in [-0.1, -0.05) is 27.7 Å². The molecule has 0 rings (SSSR count). The molecule has 0 aliphatic heterocycles. The van der Waals surface area contributed by atoms with Crippen LogP contribution < -0.4 is 25.0 Å². The van der Waals surface area contributed by atoms with Crippen LogP contribution in [-0.2, 0) is 0 Å². The van der Waals surface area contributed by atoms with Gasteiger partial charge in [-0.05, 0) is 0 Å². The Bertz CT molecular complexity index is 226. The second kappa shape index (κ2) is 45.6. The molecule has 9 N–H and O–H groups in total. The number of nitrogens with one attached hydrogen (secondary N) is 9. The van der Waals surface area contributed by atoms with E-state index >= 15 is 0 Å². The molecule has 13 nitrogen and oxygen atoms in total. The van der Waals surface area contributed by atoms with Crippen LogP contribution >= 0.6 is 0 Å². The summed E-state index contributed by atoms with van der Waals surface area (Å²) in [5.74, 6) is 0. The molecule has 0 fully saturated rings. The maximum absolute atomic E-state index is 5.50. The van der Waals surface area contributed by atoms with Crippen LogP contribution in [0, 0.1) is 44.2 Å². The quantitative estimate of drug-likeness (QED) is 0.265. The standard InChI is InChI=1S/C6H15N.4H2N3/c1-5(2)7-6(3)4;4*1-3-2/h5-7H,1-4H3;4*1-2H/q;4*+1. The van der Waals surface area contributed by atoms with Gasteiger partial charge in [-0.15, -0.1) is 0 Å². The van der Waals surface area contributed by atoms with Crippen LogP contribution in [0.4, 0.5) is 0 Å². The Morgan fingerprint density at radius 3 is 0.632 bits per heavy atom. The van der Waals surface area contributed by atoms with Gasteiger partial charge in [0.25, 0.3) is 0 Å². The van der Waals surface area contributed by atoms with Crippen molar-refractivity contribution in [3.8, 4) is 0 Å². The van der Waals surface area contributed by atoms with E-state index in [1.54, 1.807) is 0 Å². The average molecular weight is 277 g/mol. The van der Waals surface area contributed by atoms with Crippen LogP contribution in [-0.4, -0.2) is 12.1 Å². The second-order valence-corrected chi connectivity index (χ2v) is 2.92. The SMILES string of the molecule is CC(C)NC(C)C.N=[N+]=N.N=[N+]=N.N=[N+]=N.N=[N+]=N. The molecule has 0 heterocycles. The Balaban J connectivity index is -0.0000000467. The Hall–Kier alpha value is -2.80. The van der Waals surface area contributed by atoms with Crippen LogP contribution in [0.25, 0.3) is 0 Å². The maximum atomic E-state index is 5.50. The third-order valence-electron chi connectivity index (χ3n) is 0.667. The van der Waals surface area contributed by atoms with Crippen LogP contribution in [0.2, 0.25) is 0 Å². The molecule has 0 aromatic carbocycles.